The van der Waals surface area contributed by atoms with Crippen LogP contribution in [0, 0.1) is 5.92 Å². The molecular weight excluding hydrogens is 313 g/mol. The lowest BCUT2D eigenvalue weighted by atomic mass is 10.1. The zero-order valence-corrected chi connectivity index (χ0v) is 11.2. The third-order valence-corrected chi connectivity index (χ3v) is 3.22. The smallest absolute Gasteiger partial charge is 0.369 e. The molecular formula is C11H10ClF3N4O2. The first-order valence-corrected chi connectivity index (χ1v) is 6.15. The van der Waals surface area contributed by atoms with Gasteiger partial charge < -0.3 is 5.73 Å². The lowest BCUT2D eigenvalue weighted by Gasteiger charge is -2.19. The van der Waals surface area contributed by atoms with Crippen LogP contribution in [-0.2, 0) is 15.8 Å². The molecule has 114 valence electrons. The van der Waals surface area contributed by atoms with Gasteiger partial charge in [-0.05, 0) is 6.07 Å². The number of hydrogen-bond donors (Lipinski definition) is 2. The summed E-state index contributed by atoms with van der Waals surface area (Å²) >= 11 is 5.71. The van der Waals surface area contributed by atoms with E-state index in [9.17, 15) is 22.8 Å². The molecule has 0 bridgehead atoms. The standard InChI is InChI=1S/C11H10ClF3N4O2/c12-7-2-6(11(13,14)15)3-17-10(7)18-19-4-5(9(16)21)1-8(19)20/h2-3,5H,1,4H2,(H2,16,21)(H,17,18)/t5-/m1/s1. The molecule has 0 saturated carbocycles. The van der Waals surface area contributed by atoms with E-state index in [-0.39, 0.29) is 23.8 Å². The van der Waals surface area contributed by atoms with Crippen LogP contribution in [0.5, 0.6) is 0 Å². The SMILES string of the molecule is NC(=O)[C@@H]1CC(=O)N(Nc2ncc(C(F)(F)F)cc2Cl)C1. The second-order valence-electron chi connectivity index (χ2n) is 4.47. The number of anilines is 1. The minimum Gasteiger partial charge on any atom is -0.369 e. The van der Waals surface area contributed by atoms with Crippen molar-refractivity contribution < 1.29 is 22.8 Å². The minimum absolute atomic E-state index is 0.00714. The molecule has 21 heavy (non-hydrogen) atoms. The minimum atomic E-state index is -4.56. The number of halogens is 4. The van der Waals surface area contributed by atoms with Gasteiger partial charge in [0.15, 0.2) is 5.82 Å². The molecule has 0 unspecified atom stereocenters. The lowest BCUT2D eigenvalue weighted by Crippen LogP contribution is -2.33. The summed E-state index contributed by atoms with van der Waals surface area (Å²) < 4.78 is 37.4. The molecule has 2 rings (SSSR count). The number of alkyl halides is 3. The van der Waals surface area contributed by atoms with Crippen molar-refractivity contribution >= 4 is 29.2 Å². The predicted octanol–water partition coefficient (Wildman–Crippen LogP) is 1.41. The van der Waals surface area contributed by atoms with Gasteiger partial charge in [-0.25, -0.2) is 4.98 Å². The number of nitrogens with one attached hydrogen (secondary N) is 1. The number of hydrazine groups is 1. The Hall–Kier alpha value is -2.03. The number of amides is 2. The molecule has 1 aliphatic heterocycles. The Bertz CT molecular complexity index is 593. The normalized spacial score (nSPS) is 19.0. The number of nitrogens with two attached hydrogens (primary N) is 1. The zero-order chi connectivity index (χ0) is 15.8. The van der Waals surface area contributed by atoms with Crippen LogP contribution in [0.3, 0.4) is 0 Å². The Kier molecular flexibility index (Phi) is 3.95. The molecule has 0 aliphatic carbocycles. The largest absolute Gasteiger partial charge is 0.417 e. The molecule has 0 aromatic carbocycles. The van der Waals surface area contributed by atoms with Gasteiger partial charge in [0.25, 0.3) is 0 Å². The van der Waals surface area contributed by atoms with Crippen molar-refractivity contribution in [2.24, 2.45) is 11.7 Å². The van der Waals surface area contributed by atoms with Gasteiger partial charge in [0, 0.05) is 12.6 Å². The summed E-state index contributed by atoms with van der Waals surface area (Å²) in [4.78, 5) is 26.2. The van der Waals surface area contributed by atoms with Crippen LogP contribution >= 0.6 is 11.6 Å². The number of aromatic nitrogens is 1. The van der Waals surface area contributed by atoms with Crippen LogP contribution in [0.1, 0.15) is 12.0 Å². The van der Waals surface area contributed by atoms with Crippen molar-refractivity contribution in [3.8, 4) is 0 Å². The van der Waals surface area contributed by atoms with Crippen LogP contribution in [0.2, 0.25) is 5.02 Å². The quantitative estimate of drug-likeness (QED) is 0.880. The average Bonchev–Trinajstić information content (AvgIpc) is 2.72. The van der Waals surface area contributed by atoms with Crippen LogP contribution in [0.15, 0.2) is 12.3 Å². The Labute approximate surface area is 122 Å². The number of carbonyl (C=O) groups is 2. The summed E-state index contributed by atoms with van der Waals surface area (Å²) in [7, 11) is 0. The summed E-state index contributed by atoms with van der Waals surface area (Å²) in [6.07, 6.45) is -4.03. The van der Waals surface area contributed by atoms with Gasteiger partial charge in [0.2, 0.25) is 11.8 Å². The topological polar surface area (TPSA) is 88.3 Å². The molecule has 3 N–H and O–H groups in total. The highest BCUT2D eigenvalue weighted by molar-refractivity contribution is 6.33. The van der Waals surface area contributed by atoms with E-state index in [0.29, 0.717) is 12.3 Å². The summed E-state index contributed by atoms with van der Waals surface area (Å²) in [6, 6.07) is 0.697. The van der Waals surface area contributed by atoms with Crippen molar-refractivity contribution in [2.75, 3.05) is 12.0 Å². The fraction of sp³-hybridized carbons (Fsp3) is 0.364. The molecule has 0 radical (unpaired) electrons. The van der Waals surface area contributed by atoms with E-state index in [1.54, 1.807) is 0 Å². The third kappa shape index (κ3) is 3.35. The van der Waals surface area contributed by atoms with E-state index < -0.39 is 29.5 Å². The highest BCUT2D eigenvalue weighted by Crippen LogP contribution is 2.32. The Morgan fingerprint density at radius 3 is 2.67 bits per heavy atom. The van der Waals surface area contributed by atoms with E-state index >= 15 is 0 Å². The molecule has 1 fully saturated rings. The summed E-state index contributed by atoms with van der Waals surface area (Å²) in [5, 5.41) is 0.761. The highest BCUT2D eigenvalue weighted by atomic mass is 35.5. The van der Waals surface area contributed by atoms with Crippen molar-refractivity contribution in [2.45, 2.75) is 12.6 Å². The first-order valence-electron chi connectivity index (χ1n) is 5.77. The van der Waals surface area contributed by atoms with E-state index in [2.05, 4.69) is 10.4 Å². The fourth-order valence-electron chi connectivity index (χ4n) is 1.81. The van der Waals surface area contributed by atoms with E-state index in [0.717, 1.165) is 5.01 Å². The maximum Gasteiger partial charge on any atom is 0.417 e. The molecule has 1 aromatic rings. The first kappa shape index (κ1) is 15.4. The van der Waals surface area contributed by atoms with Crippen LogP contribution < -0.4 is 11.2 Å². The van der Waals surface area contributed by atoms with E-state index in [4.69, 9.17) is 17.3 Å². The first-order chi connectivity index (χ1) is 9.68. The molecule has 0 spiro atoms. The van der Waals surface area contributed by atoms with Gasteiger partial charge in [-0.3, -0.25) is 20.0 Å². The molecule has 1 saturated heterocycles. The molecule has 2 amide bonds. The molecule has 1 aliphatic rings. The summed E-state index contributed by atoms with van der Waals surface area (Å²) in [5.74, 6) is -1.81. The van der Waals surface area contributed by atoms with E-state index in [1.165, 1.54) is 0 Å². The van der Waals surface area contributed by atoms with Crippen LogP contribution in [0.4, 0.5) is 19.0 Å². The van der Waals surface area contributed by atoms with Crippen LogP contribution in [-0.4, -0.2) is 28.4 Å². The van der Waals surface area contributed by atoms with Crippen LogP contribution in [0.25, 0.3) is 0 Å². The van der Waals surface area contributed by atoms with Gasteiger partial charge in [0.05, 0.1) is 23.0 Å². The second kappa shape index (κ2) is 5.40. The number of hydrogen-bond acceptors (Lipinski definition) is 4. The van der Waals surface area contributed by atoms with Gasteiger partial charge >= 0.3 is 6.18 Å². The number of rotatable bonds is 3. The molecule has 6 nitrogen and oxygen atoms in total. The Balaban J connectivity index is 2.14. The van der Waals surface area contributed by atoms with E-state index in [1.807, 2.05) is 0 Å². The van der Waals surface area contributed by atoms with Gasteiger partial charge in [-0.15, -0.1) is 0 Å². The van der Waals surface area contributed by atoms with Gasteiger partial charge in [0.1, 0.15) is 0 Å². The average molecular weight is 323 g/mol. The third-order valence-electron chi connectivity index (χ3n) is 2.94. The monoisotopic (exact) mass is 322 g/mol. The molecule has 1 atom stereocenters. The number of pyridine rings is 1. The van der Waals surface area contributed by atoms with Gasteiger partial charge in [-0.1, -0.05) is 11.6 Å². The lowest BCUT2D eigenvalue weighted by molar-refractivity contribution is -0.137. The van der Waals surface area contributed by atoms with Crippen molar-refractivity contribution in [1.82, 2.24) is 9.99 Å². The molecule has 2 heterocycles. The molecule has 1 aromatic heterocycles. The van der Waals surface area contributed by atoms with Crippen molar-refractivity contribution in [1.29, 1.82) is 0 Å². The summed E-state index contributed by atoms with van der Waals surface area (Å²) in [5.41, 5.74) is 6.59. The van der Waals surface area contributed by atoms with Gasteiger partial charge in [-0.2, -0.15) is 13.2 Å². The maximum atomic E-state index is 12.5. The molecule has 10 heteroatoms. The number of nitrogens with zero attached hydrogens (tertiary/aromatic N) is 2. The van der Waals surface area contributed by atoms with Crippen molar-refractivity contribution in [3.63, 3.8) is 0 Å². The maximum absolute atomic E-state index is 12.5. The number of carbonyl (C=O) groups excluding carboxylic acids is 2. The number of primary amides is 1. The highest BCUT2D eigenvalue weighted by Gasteiger charge is 2.35. The Morgan fingerprint density at radius 2 is 2.19 bits per heavy atom. The Morgan fingerprint density at radius 1 is 1.52 bits per heavy atom. The fourth-order valence-corrected chi connectivity index (χ4v) is 2.02. The van der Waals surface area contributed by atoms with Crippen molar-refractivity contribution in [3.05, 3.63) is 22.8 Å². The predicted molar refractivity (Wildman–Crippen MR) is 66.9 cm³/mol. The zero-order valence-electron chi connectivity index (χ0n) is 10.4. The summed E-state index contributed by atoms with van der Waals surface area (Å²) in [6.45, 7) is 0.00714. The second-order valence-corrected chi connectivity index (χ2v) is 4.88.